The zero-order valence-electron chi connectivity index (χ0n) is 14.4. The average molecular weight is 352 g/mol. The van der Waals surface area contributed by atoms with Crippen molar-refractivity contribution in [3.63, 3.8) is 0 Å². The normalized spacial score (nSPS) is 21.7. The van der Waals surface area contributed by atoms with Gasteiger partial charge in [0.05, 0.1) is 12.2 Å². The number of fused-ring (bicyclic) bond motifs is 1. The van der Waals surface area contributed by atoms with Gasteiger partial charge in [-0.15, -0.1) is 0 Å². The summed E-state index contributed by atoms with van der Waals surface area (Å²) >= 11 is 0. The molecule has 0 radical (unpaired) electrons. The maximum Gasteiger partial charge on any atom is 0.263 e. The highest BCUT2D eigenvalue weighted by atomic mass is 19.1. The van der Waals surface area contributed by atoms with Gasteiger partial charge < -0.3 is 0 Å². The molecule has 1 fully saturated rings. The molecule has 0 spiro atoms. The number of benzene rings is 2. The third kappa shape index (κ3) is 2.47. The van der Waals surface area contributed by atoms with E-state index in [9.17, 15) is 14.0 Å². The summed E-state index contributed by atoms with van der Waals surface area (Å²) in [4.78, 5) is 26.8. The fourth-order valence-corrected chi connectivity index (χ4v) is 3.27. The van der Waals surface area contributed by atoms with Gasteiger partial charge >= 0.3 is 0 Å². The number of hydrogen-bond donors (Lipinski definition) is 0. The van der Waals surface area contributed by atoms with Gasteiger partial charge in [-0.05, 0) is 43.2 Å². The fourth-order valence-electron chi connectivity index (χ4n) is 3.27. The Hall–Kier alpha value is -3.09. The monoisotopic (exact) mass is 352 g/mol. The molecule has 0 saturated carbocycles. The van der Waals surface area contributed by atoms with Gasteiger partial charge in [0.25, 0.3) is 11.8 Å². The lowest BCUT2D eigenvalue weighted by molar-refractivity contribution is -0.123. The number of halogens is 1. The van der Waals surface area contributed by atoms with Gasteiger partial charge in [-0.3, -0.25) is 14.6 Å². The molecule has 2 unspecified atom stereocenters. The Labute approximate surface area is 149 Å². The number of nitrogens with zero attached hydrogens (tertiary/aromatic N) is 4. The van der Waals surface area contributed by atoms with Crippen LogP contribution >= 0.6 is 0 Å². The van der Waals surface area contributed by atoms with E-state index in [-0.39, 0.29) is 18.3 Å². The van der Waals surface area contributed by atoms with Crippen LogP contribution in [0.5, 0.6) is 0 Å². The molecule has 132 valence electrons. The minimum atomic E-state index is -0.879. The third-order valence-electron chi connectivity index (χ3n) is 4.90. The van der Waals surface area contributed by atoms with Crippen LogP contribution in [0.1, 0.15) is 16.7 Å². The van der Waals surface area contributed by atoms with E-state index in [1.165, 1.54) is 11.1 Å². The molecule has 4 rings (SSSR count). The zero-order chi connectivity index (χ0) is 18.4. The summed E-state index contributed by atoms with van der Waals surface area (Å²) in [6, 6.07) is 10.0. The Morgan fingerprint density at radius 1 is 1.04 bits per heavy atom. The summed E-state index contributed by atoms with van der Waals surface area (Å²) < 4.78 is 13.9. The standard InChI is InChI=1S/C19H17FN4O2/c1-11-7-8-14(9-12(11)2)24-18(25)16-17(19(24)26)23(22-21-16)10-13-5-3-4-6-15(13)20/h3-9,16-17H,10H2,1-2H3. The van der Waals surface area contributed by atoms with Crippen molar-refractivity contribution in [2.24, 2.45) is 10.3 Å². The molecule has 2 aliphatic heterocycles. The second-order valence-corrected chi connectivity index (χ2v) is 6.56. The van der Waals surface area contributed by atoms with Gasteiger partial charge in [0.1, 0.15) is 5.82 Å². The highest BCUT2D eigenvalue weighted by Gasteiger charge is 2.54. The molecule has 26 heavy (non-hydrogen) atoms. The van der Waals surface area contributed by atoms with E-state index < -0.39 is 18.0 Å². The smallest absolute Gasteiger partial charge is 0.263 e. The predicted octanol–water partition coefficient (Wildman–Crippen LogP) is 2.94. The van der Waals surface area contributed by atoms with E-state index in [4.69, 9.17) is 0 Å². The van der Waals surface area contributed by atoms with Crippen molar-refractivity contribution in [2.75, 3.05) is 4.90 Å². The highest BCUT2D eigenvalue weighted by Crippen LogP contribution is 2.33. The summed E-state index contributed by atoms with van der Waals surface area (Å²) in [5.41, 5.74) is 2.99. The summed E-state index contributed by atoms with van der Waals surface area (Å²) in [5, 5.41) is 9.30. The van der Waals surface area contributed by atoms with Crippen molar-refractivity contribution in [1.82, 2.24) is 5.01 Å². The number of amides is 2. The maximum absolute atomic E-state index is 13.9. The number of rotatable bonds is 3. The quantitative estimate of drug-likeness (QED) is 0.798. The number of imide groups is 1. The van der Waals surface area contributed by atoms with E-state index in [1.54, 1.807) is 24.3 Å². The lowest BCUT2D eigenvalue weighted by atomic mass is 10.1. The first-order chi connectivity index (χ1) is 12.5. The maximum atomic E-state index is 13.9. The van der Waals surface area contributed by atoms with Crippen LogP contribution < -0.4 is 4.90 Å². The van der Waals surface area contributed by atoms with Gasteiger partial charge in [0, 0.05) is 5.56 Å². The van der Waals surface area contributed by atoms with Crippen LogP contribution in [-0.2, 0) is 16.1 Å². The van der Waals surface area contributed by atoms with Gasteiger partial charge in [0.15, 0.2) is 12.1 Å². The topological polar surface area (TPSA) is 65.3 Å². The van der Waals surface area contributed by atoms with Crippen molar-refractivity contribution < 1.29 is 14.0 Å². The number of aryl methyl sites for hydroxylation is 2. The summed E-state index contributed by atoms with van der Waals surface area (Å²) in [5.74, 6) is -1.17. The Morgan fingerprint density at radius 2 is 1.81 bits per heavy atom. The van der Waals surface area contributed by atoms with Crippen molar-refractivity contribution in [2.45, 2.75) is 32.5 Å². The van der Waals surface area contributed by atoms with E-state index in [1.807, 2.05) is 26.0 Å². The molecule has 2 aromatic rings. The van der Waals surface area contributed by atoms with Crippen LogP contribution in [0, 0.1) is 19.7 Å². The Kier molecular flexibility index (Phi) is 3.79. The van der Waals surface area contributed by atoms with E-state index >= 15 is 0 Å². The second-order valence-electron chi connectivity index (χ2n) is 6.56. The molecule has 0 aromatic heterocycles. The highest BCUT2D eigenvalue weighted by molar-refractivity contribution is 6.25. The summed E-state index contributed by atoms with van der Waals surface area (Å²) in [6.07, 6.45) is 0. The van der Waals surface area contributed by atoms with Crippen LogP contribution in [0.25, 0.3) is 0 Å². The Morgan fingerprint density at radius 3 is 2.54 bits per heavy atom. The van der Waals surface area contributed by atoms with Gasteiger partial charge in [-0.25, -0.2) is 9.29 Å². The van der Waals surface area contributed by atoms with Crippen molar-refractivity contribution in [3.05, 3.63) is 65.0 Å². The number of carbonyl (C=O) groups is 2. The SMILES string of the molecule is Cc1ccc(N2C(=O)C3N=NN(Cc4ccccc4F)C3C2=O)cc1C. The lowest BCUT2D eigenvalue weighted by Gasteiger charge is -2.21. The number of anilines is 1. The van der Waals surface area contributed by atoms with Crippen molar-refractivity contribution in [3.8, 4) is 0 Å². The van der Waals surface area contributed by atoms with E-state index in [0.29, 0.717) is 11.3 Å². The molecule has 0 bridgehead atoms. The lowest BCUT2D eigenvalue weighted by Crippen LogP contribution is -2.39. The summed E-state index contributed by atoms with van der Waals surface area (Å²) in [6.45, 7) is 3.97. The molecule has 2 amide bonds. The minimum absolute atomic E-state index is 0.0805. The zero-order valence-corrected chi connectivity index (χ0v) is 14.4. The molecule has 6 nitrogen and oxygen atoms in total. The van der Waals surface area contributed by atoms with Crippen LogP contribution in [0.3, 0.4) is 0 Å². The van der Waals surface area contributed by atoms with Crippen LogP contribution in [0.2, 0.25) is 0 Å². The van der Waals surface area contributed by atoms with E-state index in [2.05, 4.69) is 10.3 Å². The molecule has 0 aliphatic carbocycles. The molecule has 2 heterocycles. The number of hydrogen-bond acceptors (Lipinski definition) is 5. The molecule has 2 atom stereocenters. The Bertz CT molecular complexity index is 943. The second kappa shape index (κ2) is 6.01. The molecule has 7 heteroatoms. The van der Waals surface area contributed by atoms with Crippen LogP contribution in [0.4, 0.5) is 10.1 Å². The largest absolute Gasteiger partial charge is 0.271 e. The first-order valence-electron chi connectivity index (χ1n) is 8.33. The van der Waals surface area contributed by atoms with Crippen molar-refractivity contribution >= 4 is 17.5 Å². The molecule has 2 aromatic carbocycles. The first-order valence-corrected chi connectivity index (χ1v) is 8.33. The van der Waals surface area contributed by atoms with Crippen LogP contribution in [-0.4, -0.2) is 28.9 Å². The molecule has 0 N–H and O–H groups in total. The number of carbonyl (C=O) groups excluding carboxylic acids is 2. The molecular formula is C19H17FN4O2. The van der Waals surface area contributed by atoms with Gasteiger partial charge in [-0.1, -0.05) is 29.5 Å². The minimum Gasteiger partial charge on any atom is -0.271 e. The fraction of sp³-hybridized carbons (Fsp3) is 0.263. The third-order valence-corrected chi connectivity index (χ3v) is 4.90. The average Bonchev–Trinajstić information content (AvgIpc) is 3.13. The molecular weight excluding hydrogens is 335 g/mol. The van der Waals surface area contributed by atoms with E-state index in [0.717, 1.165) is 16.0 Å². The van der Waals surface area contributed by atoms with Gasteiger partial charge in [0.2, 0.25) is 0 Å². The van der Waals surface area contributed by atoms with Crippen LogP contribution in [0.15, 0.2) is 52.8 Å². The molecule has 1 saturated heterocycles. The molecule has 2 aliphatic rings. The first kappa shape index (κ1) is 16.4. The van der Waals surface area contributed by atoms with Crippen molar-refractivity contribution in [1.29, 1.82) is 0 Å². The van der Waals surface area contributed by atoms with Gasteiger partial charge in [-0.2, -0.15) is 5.11 Å². The Balaban J connectivity index is 1.63. The summed E-state index contributed by atoms with van der Waals surface area (Å²) in [7, 11) is 0. The predicted molar refractivity (Wildman–Crippen MR) is 92.8 cm³/mol.